The summed E-state index contributed by atoms with van der Waals surface area (Å²) in [7, 11) is 0. The van der Waals surface area contributed by atoms with Crippen LogP contribution in [-0.2, 0) is 9.53 Å². The van der Waals surface area contributed by atoms with Crippen LogP contribution in [0.2, 0.25) is 0 Å². The number of alkyl halides is 17. The summed E-state index contributed by atoms with van der Waals surface area (Å²) < 4.78 is 233. The van der Waals surface area contributed by atoms with Gasteiger partial charge in [0.15, 0.2) is 0 Å². The summed E-state index contributed by atoms with van der Waals surface area (Å²) in [5.41, 5.74) is -17.5. The van der Waals surface area contributed by atoms with Crippen molar-refractivity contribution in [2.45, 2.75) is 99.1 Å². The molecule has 0 aromatic heterocycles. The fourth-order valence-electron chi connectivity index (χ4n) is 4.09. The van der Waals surface area contributed by atoms with Crippen molar-refractivity contribution in [3.8, 4) is 0 Å². The fourth-order valence-corrected chi connectivity index (χ4v) is 4.09. The predicted octanol–water partition coefficient (Wildman–Crippen LogP) is 6.43. The number of carbonyl (C=O) groups is 1. The predicted molar refractivity (Wildman–Crippen MR) is 94.5 cm³/mol. The summed E-state index contributed by atoms with van der Waals surface area (Å²) in [6, 6.07) is 0. The van der Waals surface area contributed by atoms with Gasteiger partial charge in [0.05, 0.1) is 0 Å². The molecule has 40 heavy (non-hydrogen) atoms. The minimum absolute atomic E-state index is 0.399. The second kappa shape index (κ2) is 10.2. The highest BCUT2D eigenvalue weighted by molar-refractivity contribution is 5.74. The Morgan fingerprint density at radius 1 is 0.775 bits per heavy atom. The van der Waals surface area contributed by atoms with E-state index in [4.69, 9.17) is 0 Å². The second-order valence-corrected chi connectivity index (χ2v) is 9.59. The van der Waals surface area contributed by atoms with Crippen LogP contribution in [0, 0.1) is 11.8 Å². The molecule has 1 saturated carbocycles. The molecule has 238 valence electrons. The smallest absolute Gasteiger partial charge is 0.426 e. The number of halogens is 17. The van der Waals surface area contributed by atoms with Crippen molar-refractivity contribution in [1.29, 1.82) is 0 Å². The average molecular weight is 634 g/mol. The maximum absolute atomic E-state index is 14.8. The number of hydrogen-bond acceptors (Lipinski definition) is 4. The normalized spacial score (nSPS) is 25.8. The Morgan fingerprint density at radius 3 is 1.38 bits per heavy atom. The van der Waals surface area contributed by atoms with Crippen molar-refractivity contribution in [2.24, 2.45) is 11.8 Å². The lowest BCUT2D eigenvalue weighted by Gasteiger charge is -2.46. The third-order valence-corrected chi connectivity index (χ3v) is 6.42. The topological polar surface area (TPSA) is 66.8 Å². The molecule has 0 aliphatic heterocycles. The van der Waals surface area contributed by atoms with Crippen molar-refractivity contribution in [2.75, 3.05) is 0 Å². The summed E-state index contributed by atoms with van der Waals surface area (Å²) in [6.45, 7) is 0.356. The van der Waals surface area contributed by atoms with Gasteiger partial charge in [-0.1, -0.05) is 6.92 Å². The maximum Gasteiger partial charge on any atom is 0.426 e. The fraction of sp³-hybridized carbons (Fsp3) is 0.947. The number of rotatable bonds is 7. The molecule has 0 spiro atoms. The standard InChI is InChI=1S/C19H19F17O4/c1-7-3-9(15(23,24)12(22,4-7)11(2,20)21)10(37)40-8(5-13(38,16(25,26)27)17(28,29)30)6-14(39,18(31,32)33)19(34,35)36/h7-9,38-39H,3-6H2,1-2H3. The quantitative estimate of drug-likeness (QED) is 0.250. The van der Waals surface area contributed by atoms with Gasteiger partial charge in [0, 0.05) is 19.8 Å². The lowest BCUT2D eigenvalue weighted by Crippen LogP contribution is -2.65. The molecule has 1 fully saturated rings. The van der Waals surface area contributed by atoms with E-state index in [1.807, 2.05) is 0 Å². The molecule has 0 aromatic carbocycles. The maximum atomic E-state index is 14.8. The van der Waals surface area contributed by atoms with Crippen LogP contribution in [0.25, 0.3) is 0 Å². The van der Waals surface area contributed by atoms with Gasteiger partial charge < -0.3 is 14.9 Å². The van der Waals surface area contributed by atoms with Gasteiger partial charge in [-0.25, -0.2) is 22.0 Å². The largest absolute Gasteiger partial charge is 0.462 e. The van der Waals surface area contributed by atoms with Gasteiger partial charge in [0.25, 0.3) is 17.1 Å². The molecule has 2 N–H and O–H groups in total. The Morgan fingerprint density at radius 2 is 1.10 bits per heavy atom. The molecule has 0 heterocycles. The summed E-state index contributed by atoms with van der Waals surface area (Å²) in [4.78, 5) is 12.4. The molecule has 3 atom stereocenters. The first kappa shape index (κ1) is 36.2. The van der Waals surface area contributed by atoms with E-state index in [-0.39, 0.29) is 0 Å². The highest BCUT2D eigenvalue weighted by atomic mass is 19.4. The van der Waals surface area contributed by atoms with E-state index < -0.39 is 110 Å². The molecule has 0 bridgehead atoms. The Kier molecular flexibility index (Phi) is 9.22. The molecular formula is C19H19F17O4. The van der Waals surface area contributed by atoms with E-state index in [2.05, 4.69) is 4.74 Å². The third kappa shape index (κ3) is 6.18. The molecule has 4 nitrogen and oxygen atoms in total. The second-order valence-electron chi connectivity index (χ2n) is 9.59. The highest BCUT2D eigenvalue weighted by Gasteiger charge is 2.76. The molecule has 21 heteroatoms. The average Bonchev–Trinajstić information content (AvgIpc) is 2.66. The number of hydrogen-bond donors (Lipinski definition) is 2. The van der Waals surface area contributed by atoms with E-state index in [1.165, 1.54) is 0 Å². The van der Waals surface area contributed by atoms with E-state index in [0.29, 0.717) is 0 Å². The van der Waals surface area contributed by atoms with Crippen LogP contribution in [-0.4, -0.2) is 75.7 Å². The Balaban J connectivity index is 3.73. The molecule has 0 amide bonds. The van der Waals surface area contributed by atoms with E-state index in [1.54, 1.807) is 0 Å². The molecule has 0 radical (unpaired) electrons. The SMILES string of the molecule is CC1CC(C(=O)OC(CC(O)(C(F)(F)F)C(F)(F)F)CC(O)(C(F)(F)F)C(F)(F)F)C(F)(F)C(F)(C(C)(F)F)C1. The van der Waals surface area contributed by atoms with Crippen LogP contribution in [0.15, 0.2) is 0 Å². The number of esters is 1. The zero-order valence-electron chi connectivity index (χ0n) is 19.7. The zero-order valence-corrected chi connectivity index (χ0v) is 19.7. The number of carbonyl (C=O) groups excluding carboxylic acids is 1. The van der Waals surface area contributed by atoms with Gasteiger partial charge in [0.2, 0.25) is 5.67 Å². The molecule has 0 saturated heterocycles. The van der Waals surface area contributed by atoms with Crippen LogP contribution in [0.1, 0.15) is 39.5 Å². The summed E-state index contributed by atoms with van der Waals surface area (Å²) >= 11 is 0. The van der Waals surface area contributed by atoms with Gasteiger partial charge in [-0.2, -0.15) is 52.7 Å². The molecule has 3 unspecified atom stereocenters. The monoisotopic (exact) mass is 634 g/mol. The van der Waals surface area contributed by atoms with Gasteiger partial charge in [-0.05, 0) is 18.8 Å². The molecule has 1 aliphatic carbocycles. The van der Waals surface area contributed by atoms with Gasteiger partial charge in [0.1, 0.15) is 12.0 Å². The summed E-state index contributed by atoms with van der Waals surface area (Å²) in [5.74, 6) is -18.8. The highest BCUT2D eigenvalue weighted by Crippen LogP contribution is 2.57. The third-order valence-electron chi connectivity index (χ3n) is 6.42. The van der Waals surface area contributed by atoms with Crippen molar-refractivity contribution >= 4 is 5.97 Å². The van der Waals surface area contributed by atoms with Crippen LogP contribution in [0.3, 0.4) is 0 Å². The Hall–Kier alpha value is -1.80. The van der Waals surface area contributed by atoms with Gasteiger partial charge >= 0.3 is 36.6 Å². The van der Waals surface area contributed by atoms with Crippen LogP contribution in [0.5, 0.6) is 0 Å². The summed E-state index contributed by atoms with van der Waals surface area (Å²) in [5, 5.41) is 18.4. The van der Waals surface area contributed by atoms with Crippen LogP contribution in [0.4, 0.5) is 74.6 Å². The first-order chi connectivity index (χ1) is 17.2. The van der Waals surface area contributed by atoms with Crippen molar-refractivity contribution in [1.82, 2.24) is 0 Å². The lowest BCUT2D eigenvalue weighted by atomic mass is 9.68. The first-order valence-corrected chi connectivity index (χ1v) is 10.6. The van der Waals surface area contributed by atoms with Crippen molar-refractivity contribution in [3.05, 3.63) is 0 Å². The number of aliphatic hydroxyl groups is 2. The lowest BCUT2D eigenvalue weighted by molar-refractivity contribution is -0.386. The minimum Gasteiger partial charge on any atom is -0.462 e. The van der Waals surface area contributed by atoms with Crippen molar-refractivity contribution in [3.63, 3.8) is 0 Å². The summed E-state index contributed by atoms with van der Waals surface area (Å²) in [6.07, 6.45) is -42.1. The molecular weight excluding hydrogens is 615 g/mol. The van der Waals surface area contributed by atoms with Crippen LogP contribution < -0.4 is 0 Å². The van der Waals surface area contributed by atoms with Crippen molar-refractivity contribution < 1.29 is 94.4 Å². The Bertz CT molecular complexity index is 846. The molecule has 0 aromatic rings. The van der Waals surface area contributed by atoms with Gasteiger partial charge in [-0.3, -0.25) is 4.79 Å². The van der Waals surface area contributed by atoms with Gasteiger partial charge in [-0.15, -0.1) is 0 Å². The Labute approximate surface area is 212 Å². The zero-order chi connectivity index (χ0) is 32.3. The van der Waals surface area contributed by atoms with E-state index >= 15 is 0 Å². The first-order valence-electron chi connectivity index (χ1n) is 10.6. The van der Waals surface area contributed by atoms with E-state index in [9.17, 15) is 89.6 Å². The molecule has 1 aliphatic rings. The number of ether oxygens (including phenoxy) is 1. The minimum atomic E-state index is -6.97. The molecule has 1 rings (SSSR count). The van der Waals surface area contributed by atoms with Crippen LogP contribution >= 0.6 is 0 Å². The van der Waals surface area contributed by atoms with E-state index in [0.717, 1.165) is 6.92 Å².